The Morgan fingerprint density at radius 2 is 1.81 bits per heavy atom. The van der Waals surface area contributed by atoms with Gasteiger partial charge in [-0.1, -0.05) is 51.1 Å². The molecule has 2 saturated carbocycles. The van der Waals surface area contributed by atoms with Gasteiger partial charge >= 0.3 is 0 Å². The molecule has 2 heterocycles. The third-order valence-corrected chi connectivity index (χ3v) is 11.5. The predicted octanol–water partition coefficient (Wildman–Crippen LogP) is 4.18. The maximum absolute atomic E-state index is 13.7. The summed E-state index contributed by atoms with van der Waals surface area (Å²) in [6.45, 7) is 10.5. The number of Topliss-reactive ketones (excluding diaryl/α,β-unsaturated/α-hetero) is 1. The summed E-state index contributed by atoms with van der Waals surface area (Å²) >= 11 is 0. The number of hydrogen-bond donors (Lipinski definition) is 0. The van der Waals surface area contributed by atoms with Crippen molar-refractivity contribution in [3.8, 4) is 0 Å². The summed E-state index contributed by atoms with van der Waals surface area (Å²) in [6.07, 6.45) is 4.48. The van der Waals surface area contributed by atoms with Crippen LogP contribution < -0.4 is 4.90 Å². The number of anilines is 1. The van der Waals surface area contributed by atoms with E-state index in [9.17, 15) is 13.2 Å². The SMILES string of the molecule is CCc1nc(C)nc(N2CCCN(S(=O)(=O)CC34CCC(CC3=O)C4(C)C)CC2)c1Cc1ccccc1. The maximum Gasteiger partial charge on any atom is 0.215 e. The predicted molar refractivity (Wildman–Crippen MR) is 146 cm³/mol. The molecule has 7 nitrogen and oxygen atoms in total. The zero-order valence-corrected chi connectivity index (χ0v) is 23.5. The van der Waals surface area contributed by atoms with Gasteiger partial charge < -0.3 is 4.90 Å². The summed E-state index contributed by atoms with van der Waals surface area (Å²) in [5.41, 5.74) is 2.41. The number of aryl methyl sites for hydroxylation is 2. The van der Waals surface area contributed by atoms with Gasteiger partial charge in [-0.2, -0.15) is 0 Å². The highest BCUT2D eigenvalue weighted by Gasteiger charge is 2.65. The molecule has 3 fully saturated rings. The Kier molecular flexibility index (Phi) is 6.94. The number of benzene rings is 1. The van der Waals surface area contributed by atoms with Crippen LogP contribution in [0.1, 0.15) is 69.1 Å². The topological polar surface area (TPSA) is 83.5 Å². The average molecular weight is 525 g/mol. The first-order valence-electron chi connectivity index (χ1n) is 13.7. The van der Waals surface area contributed by atoms with E-state index >= 15 is 0 Å². The highest BCUT2D eigenvalue weighted by molar-refractivity contribution is 7.89. The second-order valence-electron chi connectivity index (χ2n) is 11.7. The van der Waals surface area contributed by atoms with Crippen LogP contribution in [0.4, 0.5) is 5.82 Å². The number of sulfonamides is 1. The molecule has 1 aromatic carbocycles. The van der Waals surface area contributed by atoms with Crippen molar-refractivity contribution >= 4 is 21.6 Å². The number of aromatic nitrogens is 2. The number of carbonyl (C=O) groups excluding carboxylic acids is 1. The molecule has 2 aliphatic carbocycles. The van der Waals surface area contributed by atoms with E-state index in [1.165, 1.54) is 5.56 Å². The lowest BCUT2D eigenvalue weighted by atomic mass is 9.70. The van der Waals surface area contributed by atoms with E-state index in [1.807, 2.05) is 25.1 Å². The molecule has 200 valence electrons. The Morgan fingerprint density at radius 3 is 2.46 bits per heavy atom. The van der Waals surface area contributed by atoms with Crippen LogP contribution >= 0.6 is 0 Å². The molecule has 0 spiro atoms. The molecule has 2 aromatic rings. The lowest BCUT2D eigenvalue weighted by Crippen LogP contribution is -2.47. The Morgan fingerprint density at radius 1 is 1.05 bits per heavy atom. The van der Waals surface area contributed by atoms with Crippen LogP contribution in [0.15, 0.2) is 30.3 Å². The normalized spacial score (nSPS) is 26.0. The number of carbonyl (C=O) groups is 1. The standard InChI is InChI=1S/C29H40N4O3S/c1-5-25-24(18-22-10-7-6-8-11-22)27(31-21(2)30-25)32-14-9-15-33(17-16-32)37(35,36)20-29-13-12-23(19-26(29)34)28(29,3)4/h6-8,10-11,23H,5,9,12-20H2,1-4H3. The van der Waals surface area contributed by atoms with Crippen molar-refractivity contribution in [2.45, 2.75) is 66.2 Å². The van der Waals surface area contributed by atoms with Gasteiger partial charge in [-0.3, -0.25) is 4.79 Å². The molecule has 3 aliphatic rings. The molecular formula is C29H40N4O3S. The smallest absolute Gasteiger partial charge is 0.215 e. The van der Waals surface area contributed by atoms with E-state index in [1.54, 1.807) is 4.31 Å². The number of rotatable bonds is 7. The molecule has 0 radical (unpaired) electrons. The number of nitrogens with zero attached hydrogens (tertiary/aromatic N) is 4. The molecule has 5 rings (SSSR count). The van der Waals surface area contributed by atoms with E-state index in [2.05, 4.69) is 37.8 Å². The number of hydrogen-bond acceptors (Lipinski definition) is 6. The summed E-state index contributed by atoms with van der Waals surface area (Å²) in [7, 11) is -3.57. The van der Waals surface area contributed by atoms with Crippen molar-refractivity contribution in [1.29, 1.82) is 0 Å². The van der Waals surface area contributed by atoms with Crippen molar-refractivity contribution in [2.24, 2.45) is 16.7 Å². The zero-order valence-electron chi connectivity index (χ0n) is 22.7. The molecule has 8 heteroatoms. The largest absolute Gasteiger partial charge is 0.355 e. The molecule has 1 saturated heterocycles. The van der Waals surface area contributed by atoms with E-state index in [-0.39, 0.29) is 17.0 Å². The van der Waals surface area contributed by atoms with Crippen molar-refractivity contribution in [3.05, 3.63) is 53.0 Å². The van der Waals surface area contributed by atoms with Crippen LogP contribution in [0.25, 0.3) is 0 Å². The van der Waals surface area contributed by atoms with Gasteiger partial charge in [0, 0.05) is 55.7 Å². The summed E-state index contributed by atoms with van der Waals surface area (Å²) in [4.78, 5) is 24.9. The minimum atomic E-state index is -3.57. The number of fused-ring (bicyclic) bond motifs is 2. The molecule has 2 unspecified atom stereocenters. The van der Waals surface area contributed by atoms with Crippen LogP contribution in [0.5, 0.6) is 0 Å². The Labute approximate surface area is 221 Å². The van der Waals surface area contributed by atoms with Gasteiger partial charge in [0.2, 0.25) is 10.0 Å². The van der Waals surface area contributed by atoms with Gasteiger partial charge in [-0.05, 0) is 49.5 Å². The van der Waals surface area contributed by atoms with Crippen molar-refractivity contribution in [3.63, 3.8) is 0 Å². The van der Waals surface area contributed by atoms with Gasteiger partial charge in [0.1, 0.15) is 17.4 Å². The van der Waals surface area contributed by atoms with E-state index in [4.69, 9.17) is 9.97 Å². The van der Waals surface area contributed by atoms with Gasteiger partial charge in [0.15, 0.2) is 0 Å². The fraction of sp³-hybridized carbons (Fsp3) is 0.621. The molecular weight excluding hydrogens is 484 g/mol. The second kappa shape index (κ2) is 9.77. The van der Waals surface area contributed by atoms with Gasteiger partial charge in [0.25, 0.3) is 0 Å². The highest BCUT2D eigenvalue weighted by Crippen LogP contribution is 2.64. The molecule has 1 aromatic heterocycles. The number of ketones is 1. The molecule has 2 atom stereocenters. The Hall–Kier alpha value is -2.32. The Bertz CT molecular complexity index is 1280. The van der Waals surface area contributed by atoms with Crippen LogP contribution in [-0.4, -0.2) is 60.4 Å². The monoisotopic (exact) mass is 524 g/mol. The average Bonchev–Trinajstić information content (AvgIpc) is 3.08. The fourth-order valence-corrected chi connectivity index (χ4v) is 9.32. The van der Waals surface area contributed by atoms with Crippen LogP contribution in [0.3, 0.4) is 0 Å². The van der Waals surface area contributed by atoms with Gasteiger partial charge in [0.05, 0.1) is 5.75 Å². The third kappa shape index (κ3) is 4.60. The van der Waals surface area contributed by atoms with Gasteiger partial charge in [-0.25, -0.2) is 22.7 Å². The first kappa shape index (κ1) is 26.3. The van der Waals surface area contributed by atoms with Crippen molar-refractivity contribution in [1.82, 2.24) is 14.3 Å². The molecule has 1 aliphatic heterocycles. The second-order valence-corrected chi connectivity index (χ2v) is 13.7. The summed E-state index contributed by atoms with van der Waals surface area (Å²) in [5.74, 6) is 2.09. The minimum Gasteiger partial charge on any atom is -0.355 e. The Balaban J connectivity index is 1.38. The lowest BCUT2D eigenvalue weighted by molar-refractivity contribution is -0.128. The zero-order chi connectivity index (χ0) is 26.4. The maximum atomic E-state index is 13.7. The molecule has 0 amide bonds. The molecule has 2 bridgehead atoms. The first-order valence-corrected chi connectivity index (χ1v) is 15.3. The molecule has 37 heavy (non-hydrogen) atoms. The van der Waals surface area contributed by atoms with E-state index < -0.39 is 15.4 Å². The molecule has 0 N–H and O–H groups in total. The quantitative estimate of drug-likeness (QED) is 0.541. The van der Waals surface area contributed by atoms with Crippen LogP contribution in [-0.2, 0) is 27.7 Å². The summed E-state index contributed by atoms with van der Waals surface area (Å²) < 4.78 is 29.1. The van der Waals surface area contributed by atoms with Crippen LogP contribution in [0, 0.1) is 23.7 Å². The van der Waals surface area contributed by atoms with E-state index in [0.29, 0.717) is 38.4 Å². The van der Waals surface area contributed by atoms with Crippen molar-refractivity contribution in [2.75, 3.05) is 36.8 Å². The highest BCUT2D eigenvalue weighted by atomic mass is 32.2. The lowest BCUT2D eigenvalue weighted by Gasteiger charge is -2.37. The third-order valence-electron chi connectivity index (χ3n) is 9.46. The summed E-state index contributed by atoms with van der Waals surface area (Å²) in [5, 5.41) is 0. The summed E-state index contributed by atoms with van der Waals surface area (Å²) in [6, 6.07) is 10.4. The van der Waals surface area contributed by atoms with Crippen LogP contribution in [0.2, 0.25) is 0 Å². The fourth-order valence-electron chi connectivity index (χ4n) is 7.07. The van der Waals surface area contributed by atoms with E-state index in [0.717, 1.165) is 55.1 Å². The minimum absolute atomic E-state index is 0.0474. The van der Waals surface area contributed by atoms with Crippen molar-refractivity contribution < 1.29 is 13.2 Å². The first-order chi connectivity index (χ1) is 17.6. The van der Waals surface area contributed by atoms with Gasteiger partial charge in [-0.15, -0.1) is 0 Å².